The Labute approximate surface area is 127 Å². The maximum Gasteiger partial charge on any atom is 0.119 e. The second-order valence-electron chi connectivity index (χ2n) is 6.50. The van der Waals surface area contributed by atoms with E-state index in [-0.39, 0.29) is 5.41 Å². The summed E-state index contributed by atoms with van der Waals surface area (Å²) >= 11 is 6.53. The predicted molar refractivity (Wildman–Crippen MR) is 84.6 cm³/mol. The van der Waals surface area contributed by atoms with Gasteiger partial charge in [0.05, 0.1) is 0 Å². The van der Waals surface area contributed by atoms with Crippen molar-refractivity contribution in [2.45, 2.75) is 69.8 Å². The van der Waals surface area contributed by atoms with E-state index in [9.17, 15) is 0 Å². The summed E-state index contributed by atoms with van der Waals surface area (Å²) in [6, 6.07) is 8.65. The van der Waals surface area contributed by atoms with Crippen LogP contribution in [-0.4, -0.2) is 11.5 Å². The molecule has 2 aliphatic rings. The molecule has 3 rings (SSSR count). The molecule has 0 bridgehead atoms. The van der Waals surface area contributed by atoms with Gasteiger partial charge in [0, 0.05) is 17.2 Å². The van der Waals surface area contributed by atoms with Crippen molar-refractivity contribution in [3.63, 3.8) is 0 Å². The highest BCUT2D eigenvalue weighted by Crippen LogP contribution is 2.55. The fourth-order valence-electron chi connectivity index (χ4n) is 3.90. The summed E-state index contributed by atoms with van der Waals surface area (Å²) in [7, 11) is 0. The van der Waals surface area contributed by atoms with E-state index in [1.165, 1.54) is 44.1 Å². The van der Waals surface area contributed by atoms with Gasteiger partial charge in [0.15, 0.2) is 0 Å². The maximum absolute atomic E-state index is 6.53. The normalized spacial score (nSPS) is 28.1. The average Bonchev–Trinajstić information content (AvgIpc) is 2.50. The summed E-state index contributed by atoms with van der Waals surface area (Å²) in [6.45, 7) is 2.21. The Morgan fingerprint density at radius 1 is 1.15 bits per heavy atom. The van der Waals surface area contributed by atoms with E-state index >= 15 is 0 Å². The minimum atomic E-state index is 0.266. The minimum absolute atomic E-state index is 0.266. The Bertz CT molecular complexity index is 433. The van der Waals surface area contributed by atoms with Gasteiger partial charge in [-0.05, 0) is 37.0 Å². The van der Waals surface area contributed by atoms with Crippen LogP contribution in [0.5, 0.6) is 5.75 Å². The fraction of sp³-hybridized carbons (Fsp3) is 0.667. The predicted octanol–water partition coefficient (Wildman–Crippen LogP) is 5.35. The van der Waals surface area contributed by atoms with Crippen LogP contribution >= 0.6 is 11.6 Å². The monoisotopic (exact) mass is 292 g/mol. The molecule has 1 spiro atoms. The molecule has 0 amide bonds. The molecule has 0 aliphatic heterocycles. The van der Waals surface area contributed by atoms with Gasteiger partial charge in [0.2, 0.25) is 0 Å². The molecule has 1 nitrogen and oxygen atoms in total. The number of halogens is 1. The third-order valence-corrected chi connectivity index (χ3v) is 5.82. The maximum atomic E-state index is 6.53. The van der Waals surface area contributed by atoms with Gasteiger partial charge in [-0.1, -0.05) is 44.7 Å². The number of alkyl halides is 1. The van der Waals surface area contributed by atoms with E-state index in [0.717, 1.165) is 18.6 Å². The molecular weight excluding hydrogens is 268 g/mol. The van der Waals surface area contributed by atoms with Gasteiger partial charge in [-0.25, -0.2) is 0 Å². The molecule has 110 valence electrons. The second-order valence-corrected chi connectivity index (χ2v) is 7.02. The zero-order valence-corrected chi connectivity index (χ0v) is 13.2. The zero-order chi connectivity index (χ0) is 14.0. The quantitative estimate of drug-likeness (QED) is 0.680. The summed E-state index contributed by atoms with van der Waals surface area (Å²) in [4.78, 5) is 0. The third-order valence-electron chi connectivity index (χ3n) is 5.21. The summed E-state index contributed by atoms with van der Waals surface area (Å²) in [5, 5.41) is 0.326. The van der Waals surface area contributed by atoms with E-state index in [0.29, 0.717) is 11.5 Å². The van der Waals surface area contributed by atoms with Gasteiger partial charge in [0.1, 0.15) is 11.9 Å². The van der Waals surface area contributed by atoms with Gasteiger partial charge in [-0.3, -0.25) is 0 Å². The number of benzene rings is 1. The molecule has 20 heavy (non-hydrogen) atoms. The molecule has 0 radical (unpaired) electrons. The number of ether oxygens (including phenoxy) is 1. The van der Waals surface area contributed by atoms with Crippen molar-refractivity contribution in [1.82, 2.24) is 0 Å². The lowest BCUT2D eigenvalue weighted by atomic mass is 9.58. The molecule has 0 N–H and O–H groups in total. The Balaban J connectivity index is 1.65. The lowest BCUT2D eigenvalue weighted by Gasteiger charge is -2.55. The Hall–Kier alpha value is -0.690. The molecule has 2 aliphatic carbocycles. The van der Waals surface area contributed by atoms with Crippen LogP contribution in [0, 0.1) is 5.41 Å². The Morgan fingerprint density at radius 3 is 2.45 bits per heavy atom. The Kier molecular flexibility index (Phi) is 4.26. The highest BCUT2D eigenvalue weighted by Gasteiger charge is 2.55. The molecule has 0 aromatic heterocycles. The standard InChI is InChI=1S/C18H25ClO/c1-2-6-14-7-9-15(10-8-14)20-17-13-16(19)18(17)11-4-3-5-12-18/h7-10,16-17H,2-6,11-13H2,1H3. The summed E-state index contributed by atoms with van der Waals surface area (Å²) in [6.07, 6.45) is 10.2. The SMILES string of the molecule is CCCc1ccc(OC2CC(Cl)C23CCCCC3)cc1. The number of hydrogen-bond acceptors (Lipinski definition) is 1. The molecule has 2 fully saturated rings. The third kappa shape index (κ3) is 2.57. The average molecular weight is 293 g/mol. The van der Waals surface area contributed by atoms with Crippen LogP contribution in [0.1, 0.15) is 57.4 Å². The molecule has 2 heteroatoms. The first-order valence-corrected chi connectivity index (χ1v) is 8.58. The molecular formula is C18H25ClO. The van der Waals surface area contributed by atoms with E-state index in [1.807, 2.05) is 0 Å². The van der Waals surface area contributed by atoms with Gasteiger partial charge in [-0.15, -0.1) is 11.6 Å². The van der Waals surface area contributed by atoms with Crippen LogP contribution in [-0.2, 0) is 6.42 Å². The minimum Gasteiger partial charge on any atom is -0.490 e. The Morgan fingerprint density at radius 2 is 1.85 bits per heavy atom. The molecule has 0 heterocycles. The first-order chi connectivity index (χ1) is 9.74. The molecule has 2 unspecified atom stereocenters. The van der Waals surface area contributed by atoms with Gasteiger partial charge < -0.3 is 4.74 Å². The van der Waals surface area contributed by atoms with Crippen LogP contribution in [0.15, 0.2) is 24.3 Å². The van der Waals surface area contributed by atoms with Crippen LogP contribution in [0.25, 0.3) is 0 Å². The molecule has 1 aromatic rings. The first-order valence-electron chi connectivity index (χ1n) is 8.14. The van der Waals surface area contributed by atoms with E-state index in [4.69, 9.17) is 16.3 Å². The topological polar surface area (TPSA) is 9.23 Å². The van der Waals surface area contributed by atoms with Crippen LogP contribution in [0.4, 0.5) is 0 Å². The van der Waals surface area contributed by atoms with Crippen molar-refractivity contribution < 1.29 is 4.74 Å². The molecule has 1 aromatic carbocycles. The number of aryl methyl sites for hydroxylation is 1. The van der Waals surface area contributed by atoms with Crippen molar-refractivity contribution in [2.75, 3.05) is 0 Å². The van der Waals surface area contributed by atoms with E-state index in [1.54, 1.807) is 0 Å². The fourth-order valence-corrected chi connectivity index (χ4v) is 4.42. The molecule has 2 saturated carbocycles. The lowest BCUT2D eigenvalue weighted by Crippen LogP contribution is -2.58. The van der Waals surface area contributed by atoms with Crippen molar-refractivity contribution in [3.05, 3.63) is 29.8 Å². The van der Waals surface area contributed by atoms with Crippen molar-refractivity contribution >= 4 is 11.6 Å². The van der Waals surface area contributed by atoms with Crippen LogP contribution in [0.2, 0.25) is 0 Å². The van der Waals surface area contributed by atoms with Crippen molar-refractivity contribution in [2.24, 2.45) is 5.41 Å². The molecule has 0 saturated heterocycles. The van der Waals surface area contributed by atoms with Crippen LogP contribution in [0.3, 0.4) is 0 Å². The van der Waals surface area contributed by atoms with E-state index in [2.05, 4.69) is 31.2 Å². The van der Waals surface area contributed by atoms with Crippen molar-refractivity contribution in [1.29, 1.82) is 0 Å². The summed E-state index contributed by atoms with van der Waals surface area (Å²) in [5.41, 5.74) is 1.66. The first kappa shape index (κ1) is 14.3. The van der Waals surface area contributed by atoms with Gasteiger partial charge in [0.25, 0.3) is 0 Å². The lowest BCUT2D eigenvalue weighted by molar-refractivity contribution is -0.0650. The summed E-state index contributed by atoms with van der Waals surface area (Å²) in [5.74, 6) is 1.02. The highest BCUT2D eigenvalue weighted by molar-refractivity contribution is 6.21. The van der Waals surface area contributed by atoms with E-state index < -0.39 is 0 Å². The number of rotatable bonds is 4. The second kappa shape index (κ2) is 5.97. The van der Waals surface area contributed by atoms with Gasteiger partial charge >= 0.3 is 0 Å². The number of hydrogen-bond donors (Lipinski definition) is 0. The van der Waals surface area contributed by atoms with Crippen molar-refractivity contribution in [3.8, 4) is 5.75 Å². The largest absolute Gasteiger partial charge is 0.490 e. The molecule has 2 atom stereocenters. The highest BCUT2D eigenvalue weighted by atomic mass is 35.5. The van der Waals surface area contributed by atoms with Crippen LogP contribution < -0.4 is 4.74 Å². The summed E-state index contributed by atoms with van der Waals surface area (Å²) < 4.78 is 6.26. The smallest absolute Gasteiger partial charge is 0.119 e. The zero-order valence-electron chi connectivity index (χ0n) is 12.4. The van der Waals surface area contributed by atoms with Gasteiger partial charge in [-0.2, -0.15) is 0 Å².